The van der Waals surface area contributed by atoms with Crippen LogP contribution in [-0.4, -0.2) is 38.1 Å². The number of fused-ring (bicyclic) bond motifs is 1. The first-order chi connectivity index (χ1) is 20.2. The van der Waals surface area contributed by atoms with Gasteiger partial charge in [0, 0.05) is 21.4 Å². The van der Waals surface area contributed by atoms with Crippen LogP contribution in [0.15, 0.2) is 78.9 Å². The molecule has 1 aromatic heterocycles. The fraction of sp³-hybridized carbons (Fsp3) is 0.314. The molecule has 42 heavy (non-hydrogen) atoms. The molecule has 5 nitrogen and oxygen atoms in total. The van der Waals surface area contributed by atoms with Crippen LogP contribution in [0.3, 0.4) is 0 Å². The lowest BCUT2D eigenvalue weighted by molar-refractivity contribution is -0.138. The molecule has 2 unspecified atom stereocenters. The summed E-state index contributed by atoms with van der Waals surface area (Å²) in [4.78, 5) is 16.2. The Morgan fingerprint density at radius 1 is 1.02 bits per heavy atom. The average molecular weight is 602 g/mol. The highest BCUT2D eigenvalue weighted by molar-refractivity contribution is 7.99. The molecule has 0 aliphatic heterocycles. The summed E-state index contributed by atoms with van der Waals surface area (Å²) >= 11 is 7.99. The predicted octanol–water partition coefficient (Wildman–Crippen LogP) is 8.13. The van der Waals surface area contributed by atoms with Gasteiger partial charge in [0.05, 0.1) is 23.7 Å². The Morgan fingerprint density at radius 2 is 1.81 bits per heavy atom. The topological polar surface area (TPSA) is 90.7 Å². The van der Waals surface area contributed by atoms with Gasteiger partial charge < -0.3 is 15.3 Å². The number of aliphatic hydroxyl groups is 2. The number of benzene rings is 3. The number of hydrogen-bond acceptors (Lipinski definition) is 5. The normalized spacial score (nSPS) is 16.4. The monoisotopic (exact) mass is 601 g/mol. The molecule has 0 radical (unpaired) electrons. The summed E-state index contributed by atoms with van der Waals surface area (Å²) in [6.07, 6.45) is 5.93. The molecule has 0 amide bonds. The maximum Gasteiger partial charge on any atom is 0.303 e. The Labute approximate surface area is 256 Å². The summed E-state index contributed by atoms with van der Waals surface area (Å²) in [5.41, 5.74) is 5.59. The minimum atomic E-state index is -0.939. The zero-order chi connectivity index (χ0) is 29.7. The third kappa shape index (κ3) is 7.81. The molecule has 3 N–H and O–H groups in total. The number of halogens is 1. The number of aliphatic hydroxyl groups excluding tert-OH is 2. The quantitative estimate of drug-likeness (QED) is 0.143. The summed E-state index contributed by atoms with van der Waals surface area (Å²) in [6.45, 7) is 1.60. The van der Waals surface area contributed by atoms with Crippen molar-refractivity contribution in [1.29, 1.82) is 0 Å². The van der Waals surface area contributed by atoms with Crippen molar-refractivity contribution in [3.63, 3.8) is 0 Å². The smallest absolute Gasteiger partial charge is 0.303 e. The second-order valence-corrected chi connectivity index (χ2v) is 13.0. The summed E-state index contributed by atoms with van der Waals surface area (Å²) in [7, 11) is 0. The number of carboxylic acids is 1. The minimum Gasteiger partial charge on any atom is -0.481 e. The van der Waals surface area contributed by atoms with Crippen molar-refractivity contribution in [3.8, 4) is 0 Å². The summed E-state index contributed by atoms with van der Waals surface area (Å²) in [5.74, 6) is 0.0633. The third-order valence-electron chi connectivity index (χ3n) is 7.99. The molecule has 5 rings (SSSR count). The SMILES string of the molecule is CC(O)C(O)c1ccccc1CC[C@@H](SCC1(CC(=O)O)CC1)c1cccc(C=Cc2ccc3ccc(Cl)cc3n2)c1. The molecule has 0 bridgehead atoms. The first kappa shape index (κ1) is 30.3. The van der Waals surface area contributed by atoms with Gasteiger partial charge in [-0.1, -0.05) is 78.3 Å². The maximum atomic E-state index is 11.5. The van der Waals surface area contributed by atoms with E-state index >= 15 is 0 Å². The fourth-order valence-corrected chi connectivity index (χ4v) is 7.07. The summed E-state index contributed by atoms with van der Waals surface area (Å²) in [6, 6.07) is 25.9. The molecule has 1 saturated carbocycles. The van der Waals surface area contributed by atoms with E-state index in [0.717, 1.165) is 64.7 Å². The van der Waals surface area contributed by atoms with Crippen molar-refractivity contribution in [2.75, 3.05) is 5.75 Å². The van der Waals surface area contributed by atoms with Crippen molar-refractivity contribution >= 4 is 52.4 Å². The van der Waals surface area contributed by atoms with Crippen LogP contribution in [0.25, 0.3) is 23.1 Å². The van der Waals surface area contributed by atoms with E-state index in [-0.39, 0.29) is 17.1 Å². The highest BCUT2D eigenvalue weighted by Crippen LogP contribution is 2.53. The Morgan fingerprint density at radius 3 is 2.57 bits per heavy atom. The Kier molecular flexibility index (Phi) is 9.69. The van der Waals surface area contributed by atoms with E-state index in [1.807, 2.05) is 72.4 Å². The van der Waals surface area contributed by atoms with Crippen molar-refractivity contribution in [2.24, 2.45) is 5.41 Å². The molecule has 0 spiro atoms. The molecule has 3 atom stereocenters. The number of pyridine rings is 1. The number of aromatic nitrogens is 1. The van der Waals surface area contributed by atoms with Gasteiger partial charge in [-0.2, -0.15) is 11.8 Å². The largest absolute Gasteiger partial charge is 0.481 e. The number of thioether (sulfide) groups is 1. The lowest BCUT2D eigenvalue weighted by Gasteiger charge is -2.23. The number of carboxylic acid groups (broad SMARTS) is 1. The van der Waals surface area contributed by atoms with Gasteiger partial charge in [0.1, 0.15) is 6.10 Å². The van der Waals surface area contributed by atoms with Crippen LogP contribution in [-0.2, 0) is 11.2 Å². The van der Waals surface area contributed by atoms with Gasteiger partial charge in [0.2, 0.25) is 0 Å². The van der Waals surface area contributed by atoms with Crippen LogP contribution in [0.5, 0.6) is 0 Å². The maximum absolute atomic E-state index is 11.5. The Bertz CT molecular complexity index is 1580. The molecule has 1 aliphatic rings. The molecule has 1 fully saturated rings. The van der Waals surface area contributed by atoms with E-state index in [2.05, 4.69) is 30.3 Å². The van der Waals surface area contributed by atoms with Gasteiger partial charge in [0.15, 0.2) is 0 Å². The van der Waals surface area contributed by atoms with Crippen LogP contribution in [0.4, 0.5) is 0 Å². The van der Waals surface area contributed by atoms with Crippen LogP contribution in [0.1, 0.15) is 71.9 Å². The molecule has 4 aromatic rings. The van der Waals surface area contributed by atoms with E-state index in [1.165, 1.54) is 5.56 Å². The van der Waals surface area contributed by atoms with Gasteiger partial charge in [-0.25, -0.2) is 4.98 Å². The molecule has 7 heteroatoms. The highest BCUT2D eigenvalue weighted by Gasteiger charge is 2.44. The van der Waals surface area contributed by atoms with Gasteiger partial charge in [-0.15, -0.1) is 0 Å². The minimum absolute atomic E-state index is 0.114. The van der Waals surface area contributed by atoms with Gasteiger partial charge >= 0.3 is 5.97 Å². The van der Waals surface area contributed by atoms with E-state index in [9.17, 15) is 20.1 Å². The van der Waals surface area contributed by atoms with E-state index < -0.39 is 18.2 Å². The molecular formula is C35H36ClNO4S. The van der Waals surface area contributed by atoms with E-state index in [4.69, 9.17) is 16.6 Å². The number of carbonyl (C=O) groups is 1. The zero-order valence-corrected chi connectivity index (χ0v) is 25.2. The molecular weight excluding hydrogens is 566 g/mol. The second-order valence-electron chi connectivity index (χ2n) is 11.4. The predicted molar refractivity (Wildman–Crippen MR) is 173 cm³/mol. The van der Waals surface area contributed by atoms with Gasteiger partial charge in [0.25, 0.3) is 0 Å². The lowest BCUT2D eigenvalue weighted by Crippen LogP contribution is -2.16. The first-order valence-electron chi connectivity index (χ1n) is 14.3. The summed E-state index contributed by atoms with van der Waals surface area (Å²) < 4.78 is 0. The first-order valence-corrected chi connectivity index (χ1v) is 15.8. The molecule has 0 saturated heterocycles. The molecule has 1 heterocycles. The van der Waals surface area contributed by atoms with Crippen LogP contribution >= 0.6 is 23.4 Å². The van der Waals surface area contributed by atoms with Crippen molar-refractivity contribution in [3.05, 3.63) is 112 Å². The Balaban J connectivity index is 1.37. The zero-order valence-electron chi connectivity index (χ0n) is 23.6. The molecule has 3 aromatic carbocycles. The standard InChI is InChI=1S/C35H36ClNO4S/c1-23(38)34(41)30-8-3-2-6-25(30)12-16-32(42-22-35(17-18-35)21-33(39)40)27-7-4-5-24(19-27)9-14-29-15-11-26-10-13-28(36)20-31(26)37-29/h2-11,13-15,19-20,23,32,34,38,41H,12,16-18,21-22H2,1H3,(H,39,40)/t23?,32-,34?/m1/s1. The van der Waals surface area contributed by atoms with Crippen molar-refractivity contribution in [2.45, 2.75) is 56.5 Å². The number of aryl methyl sites for hydroxylation is 1. The number of rotatable bonds is 13. The van der Waals surface area contributed by atoms with Gasteiger partial charge in [-0.3, -0.25) is 4.79 Å². The van der Waals surface area contributed by atoms with E-state index in [1.54, 1.807) is 6.92 Å². The van der Waals surface area contributed by atoms with Crippen LogP contribution in [0.2, 0.25) is 5.02 Å². The van der Waals surface area contributed by atoms with Crippen LogP contribution in [0, 0.1) is 5.41 Å². The molecule has 1 aliphatic carbocycles. The second kappa shape index (κ2) is 13.4. The highest BCUT2D eigenvalue weighted by atomic mass is 35.5. The average Bonchev–Trinajstić information content (AvgIpc) is 3.74. The van der Waals surface area contributed by atoms with E-state index in [0.29, 0.717) is 5.02 Å². The third-order valence-corrected chi connectivity index (χ3v) is 9.91. The van der Waals surface area contributed by atoms with Crippen molar-refractivity contribution in [1.82, 2.24) is 4.98 Å². The lowest BCUT2D eigenvalue weighted by atomic mass is 9.94. The molecule has 218 valence electrons. The van der Waals surface area contributed by atoms with Crippen molar-refractivity contribution < 1.29 is 20.1 Å². The Hall–Kier alpha value is -3.16. The number of aliphatic carboxylic acids is 1. The number of nitrogens with zero attached hydrogens (tertiary/aromatic N) is 1. The number of hydrogen-bond donors (Lipinski definition) is 3. The van der Waals surface area contributed by atoms with Crippen LogP contribution < -0.4 is 0 Å². The fourth-order valence-electron chi connectivity index (χ4n) is 5.33. The van der Waals surface area contributed by atoms with Gasteiger partial charge in [-0.05, 0) is 84.6 Å². The summed E-state index contributed by atoms with van der Waals surface area (Å²) in [5, 5.41) is 31.9.